The van der Waals surface area contributed by atoms with E-state index in [1.807, 2.05) is 24.3 Å². The standard InChI is InChI=1S/C18H19BrN2O3S/c1-13-4-10-16(12-17(13)25(23,24)21(2)3)20-18(22)11-7-14-5-8-15(19)9-6-14/h4-12H,1-3H3,(H,20,22)/b11-7+. The van der Waals surface area contributed by atoms with Crippen molar-refractivity contribution in [3.8, 4) is 0 Å². The van der Waals surface area contributed by atoms with Gasteiger partial charge in [0.15, 0.2) is 0 Å². The Morgan fingerprint density at radius 2 is 1.76 bits per heavy atom. The minimum atomic E-state index is -3.57. The summed E-state index contributed by atoms with van der Waals surface area (Å²) in [5.74, 6) is -0.333. The van der Waals surface area contributed by atoms with E-state index in [9.17, 15) is 13.2 Å². The summed E-state index contributed by atoms with van der Waals surface area (Å²) in [6.07, 6.45) is 3.09. The van der Waals surface area contributed by atoms with Crippen molar-refractivity contribution < 1.29 is 13.2 Å². The molecule has 0 atom stereocenters. The summed E-state index contributed by atoms with van der Waals surface area (Å²) in [5.41, 5.74) is 1.94. The second kappa shape index (κ2) is 7.95. The molecular formula is C18H19BrN2O3S. The summed E-state index contributed by atoms with van der Waals surface area (Å²) in [4.78, 5) is 12.2. The number of amides is 1. The maximum Gasteiger partial charge on any atom is 0.248 e. The van der Waals surface area contributed by atoms with Crippen LogP contribution in [-0.2, 0) is 14.8 Å². The van der Waals surface area contributed by atoms with Crippen molar-refractivity contribution in [3.63, 3.8) is 0 Å². The first-order valence-electron chi connectivity index (χ1n) is 7.48. The molecule has 1 amide bonds. The molecule has 0 saturated heterocycles. The van der Waals surface area contributed by atoms with Gasteiger partial charge in [-0.25, -0.2) is 12.7 Å². The van der Waals surface area contributed by atoms with Crippen LogP contribution in [0.1, 0.15) is 11.1 Å². The third kappa shape index (κ3) is 5.01. The average Bonchev–Trinajstić information content (AvgIpc) is 2.56. The van der Waals surface area contributed by atoms with E-state index in [0.29, 0.717) is 11.3 Å². The quantitative estimate of drug-likeness (QED) is 0.747. The number of anilines is 1. The van der Waals surface area contributed by atoms with Gasteiger partial charge in [0.25, 0.3) is 0 Å². The molecule has 132 valence electrons. The lowest BCUT2D eigenvalue weighted by Crippen LogP contribution is -2.23. The zero-order valence-electron chi connectivity index (χ0n) is 14.2. The molecule has 0 fully saturated rings. The third-order valence-electron chi connectivity index (χ3n) is 3.51. The predicted octanol–water partition coefficient (Wildman–Crippen LogP) is 3.66. The topological polar surface area (TPSA) is 66.5 Å². The maximum absolute atomic E-state index is 12.3. The summed E-state index contributed by atoms with van der Waals surface area (Å²) in [6, 6.07) is 12.3. The van der Waals surface area contributed by atoms with Crippen LogP contribution in [0.3, 0.4) is 0 Å². The van der Waals surface area contributed by atoms with Crippen LogP contribution in [0.4, 0.5) is 5.69 Å². The summed E-state index contributed by atoms with van der Waals surface area (Å²) < 4.78 is 26.8. The molecule has 0 aliphatic carbocycles. The minimum Gasteiger partial charge on any atom is -0.322 e. The summed E-state index contributed by atoms with van der Waals surface area (Å²) in [5, 5.41) is 2.68. The largest absolute Gasteiger partial charge is 0.322 e. The lowest BCUT2D eigenvalue weighted by Gasteiger charge is -2.14. The molecule has 2 aromatic carbocycles. The lowest BCUT2D eigenvalue weighted by atomic mass is 10.2. The number of sulfonamides is 1. The first kappa shape index (κ1) is 19.4. The fraction of sp³-hybridized carbons (Fsp3) is 0.167. The molecule has 0 spiro atoms. The lowest BCUT2D eigenvalue weighted by molar-refractivity contribution is -0.111. The summed E-state index contributed by atoms with van der Waals surface area (Å²) >= 11 is 3.35. The van der Waals surface area contributed by atoms with Gasteiger partial charge in [-0.2, -0.15) is 0 Å². The van der Waals surface area contributed by atoms with Gasteiger partial charge >= 0.3 is 0 Å². The van der Waals surface area contributed by atoms with Gasteiger partial charge in [-0.3, -0.25) is 4.79 Å². The molecule has 0 aliphatic rings. The second-order valence-electron chi connectivity index (χ2n) is 5.64. The number of rotatable bonds is 5. The Morgan fingerprint density at radius 3 is 2.36 bits per heavy atom. The molecule has 1 N–H and O–H groups in total. The molecule has 2 aromatic rings. The summed E-state index contributed by atoms with van der Waals surface area (Å²) in [7, 11) is -0.619. The van der Waals surface area contributed by atoms with Crippen LogP contribution in [0.25, 0.3) is 6.08 Å². The van der Waals surface area contributed by atoms with E-state index in [1.165, 1.54) is 26.2 Å². The van der Waals surface area contributed by atoms with E-state index >= 15 is 0 Å². The van der Waals surface area contributed by atoms with E-state index in [4.69, 9.17) is 0 Å². The van der Waals surface area contributed by atoms with Crippen molar-refractivity contribution >= 4 is 43.6 Å². The number of carbonyl (C=O) groups is 1. The number of aryl methyl sites for hydroxylation is 1. The van der Waals surface area contributed by atoms with Crippen molar-refractivity contribution in [2.24, 2.45) is 0 Å². The highest BCUT2D eigenvalue weighted by Crippen LogP contribution is 2.22. The number of carbonyl (C=O) groups excluding carboxylic acids is 1. The van der Waals surface area contributed by atoms with Crippen LogP contribution in [-0.4, -0.2) is 32.7 Å². The molecule has 25 heavy (non-hydrogen) atoms. The van der Waals surface area contributed by atoms with Gasteiger partial charge in [-0.05, 0) is 48.4 Å². The smallest absolute Gasteiger partial charge is 0.248 e. The first-order chi connectivity index (χ1) is 11.7. The Balaban J connectivity index is 2.17. The maximum atomic E-state index is 12.3. The van der Waals surface area contributed by atoms with Crippen LogP contribution in [0.15, 0.2) is 57.9 Å². The zero-order valence-corrected chi connectivity index (χ0v) is 16.6. The Kier molecular flexibility index (Phi) is 6.16. The highest BCUT2D eigenvalue weighted by Gasteiger charge is 2.20. The van der Waals surface area contributed by atoms with Gasteiger partial charge in [0.2, 0.25) is 15.9 Å². The van der Waals surface area contributed by atoms with E-state index < -0.39 is 10.0 Å². The molecule has 2 rings (SSSR count). The van der Waals surface area contributed by atoms with E-state index in [-0.39, 0.29) is 10.8 Å². The van der Waals surface area contributed by atoms with Crippen LogP contribution in [0.5, 0.6) is 0 Å². The normalized spacial score (nSPS) is 11.9. The van der Waals surface area contributed by atoms with Gasteiger partial charge < -0.3 is 5.32 Å². The molecule has 0 bridgehead atoms. The van der Waals surface area contributed by atoms with Crippen LogP contribution in [0.2, 0.25) is 0 Å². The molecule has 0 aliphatic heterocycles. The highest BCUT2D eigenvalue weighted by atomic mass is 79.9. The van der Waals surface area contributed by atoms with Crippen LogP contribution in [0, 0.1) is 6.92 Å². The minimum absolute atomic E-state index is 0.173. The molecule has 5 nitrogen and oxygen atoms in total. The van der Waals surface area contributed by atoms with Gasteiger partial charge in [-0.15, -0.1) is 0 Å². The number of hydrogen-bond acceptors (Lipinski definition) is 3. The van der Waals surface area contributed by atoms with Gasteiger partial charge in [0, 0.05) is 30.3 Å². The fourth-order valence-corrected chi connectivity index (χ4v) is 3.49. The van der Waals surface area contributed by atoms with E-state index in [0.717, 1.165) is 14.3 Å². The molecule has 0 radical (unpaired) electrons. The second-order valence-corrected chi connectivity index (χ2v) is 8.68. The van der Waals surface area contributed by atoms with Crippen molar-refractivity contribution in [1.29, 1.82) is 0 Å². The predicted molar refractivity (Wildman–Crippen MR) is 104 cm³/mol. The molecule has 0 saturated carbocycles. The fourth-order valence-electron chi connectivity index (χ4n) is 2.08. The van der Waals surface area contributed by atoms with Crippen molar-refractivity contribution in [3.05, 3.63) is 64.1 Å². The first-order valence-corrected chi connectivity index (χ1v) is 9.71. The Labute approximate surface area is 156 Å². The Morgan fingerprint density at radius 1 is 1.12 bits per heavy atom. The number of hydrogen-bond donors (Lipinski definition) is 1. The van der Waals surface area contributed by atoms with Gasteiger partial charge in [0.1, 0.15) is 0 Å². The number of nitrogens with zero attached hydrogens (tertiary/aromatic N) is 1. The van der Waals surface area contributed by atoms with E-state index in [1.54, 1.807) is 25.1 Å². The van der Waals surface area contributed by atoms with E-state index in [2.05, 4.69) is 21.2 Å². The van der Waals surface area contributed by atoms with Gasteiger partial charge in [-0.1, -0.05) is 34.1 Å². The molecule has 0 aromatic heterocycles. The Hall–Kier alpha value is -1.96. The van der Waals surface area contributed by atoms with Crippen LogP contribution >= 0.6 is 15.9 Å². The number of nitrogens with one attached hydrogen (secondary N) is 1. The SMILES string of the molecule is Cc1ccc(NC(=O)/C=C/c2ccc(Br)cc2)cc1S(=O)(=O)N(C)C. The molecule has 0 heterocycles. The van der Waals surface area contributed by atoms with Crippen molar-refractivity contribution in [2.45, 2.75) is 11.8 Å². The number of benzene rings is 2. The zero-order chi connectivity index (χ0) is 18.6. The van der Waals surface area contributed by atoms with Gasteiger partial charge in [0.05, 0.1) is 4.90 Å². The van der Waals surface area contributed by atoms with Crippen molar-refractivity contribution in [1.82, 2.24) is 4.31 Å². The van der Waals surface area contributed by atoms with Crippen molar-refractivity contribution in [2.75, 3.05) is 19.4 Å². The highest BCUT2D eigenvalue weighted by molar-refractivity contribution is 9.10. The monoisotopic (exact) mass is 422 g/mol. The molecule has 7 heteroatoms. The third-order valence-corrected chi connectivity index (χ3v) is 6.00. The summed E-state index contributed by atoms with van der Waals surface area (Å²) in [6.45, 7) is 1.72. The average molecular weight is 423 g/mol. The number of halogens is 1. The molecule has 0 unspecified atom stereocenters. The van der Waals surface area contributed by atoms with Crippen LogP contribution < -0.4 is 5.32 Å². The Bertz CT molecular complexity index is 904. The molecular weight excluding hydrogens is 404 g/mol.